The molecule has 0 aliphatic heterocycles. The molecule has 0 saturated heterocycles. The van der Waals surface area contributed by atoms with Crippen molar-refractivity contribution < 1.29 is 9.53 Å². The molecule has 0 unspecified atom stereocenters. The summed E-state index contributed by atoms with van der Waals surface area (Å²) in [4.78, 5) is 13.1. The number of thiophene rings is 1. The number of carbonyl (C=O) groups excluding carboxylic acids is 1. The fraction of sp³-hybridized carbons (Fsp3) is 0.278. The molecule has 22 heavy (non-hydrogen) atoms. The van der Waals surface area contributed by atoms with Crippen LogP contribution >= 0.6 is 11.3 Å². The summed E-state index contributed by atoms with van der Waals surface area (Å²) in [5, 5.41) is 4.96. The van der Waals surface area contributed by atoms with Gasteiger partial charge in [0.1, 0.15) is 0 Å². The van der Waals surface area contributed by atoms with Crippen molar-refractivity contribution in [2.75, 3.05) is 13.7 Å². The first-order valence-corrected chi connectivity index (χ1v) is 8.20. The minimum atomic E-state index is -0.323. The van der Waals surface area contributed by atoms with Gasteiger partial charge in [0.05, 0.1) is 5.60 Å². The van der Waals surface area contributed by atoms with Crippen LogP contribution in [0.3, 0.4) is 0 Å². The van der Waals surface area contributed by atoms with Crippen molar-refractivity contribution in [2.24, 2.45) is 0 Å². The summed E-state index contributed by atoms with van der Waals surface area (Å²) in [6.07, 6.45) is 5.10. The Morgan fingerprint density at radius 3 is 2.59 bits per heavy atom. The molecular weight excluding hydrogens is 294 g/mol. The van der Waals surface area contributed by atoms with Crippen LogP contribution < -0.4 is 5.32 Å². The van der Waals surface area contributed by atoms with Gasteiger partial charge in [-0.3, -0.25) is 4.79 Å². The van der Waals surface area contributed by atoms with Crippen LogP contribution in [0.4, 0.5) is 0 Å². The van der Waals surface area contributed by atoms with E-state index < -0.39 is 0 Å². The molecule has 4 heteroatoms. The second-order valence-electron chi connectivity index (χ2n) is 5.58. The molecule has 0 saturated carbocycles. The summed E-state index contributed by atoms with van der Waals surface area (Å²) < 4.78 is 5.75. The third-order valence-electron chi connectivity index (χ3n) is 4.10. The zero-order valence-electron chi connectivity index (χ0n) is 12.5. The molecule has 1 aliphatic rings. The highest BCUT2D eigenvalue weighted by molar-refractivity contribution is 7.10. The predicted molar refractivity (Wildman–Crippen MR) is 90.0 cm³/mol. The Bertz CT molecular complexity index is 651. The van der Waals surface area contributed by atoms with Crippen LogP contribution in [0.15, 0.2) is 47.9 Å². The highest BCUT2D eigenvalue weighted by Gasteiger charge is 2.37. The zero-order chi connectivity index (χ0) is 15.4. The number of carbonyl (C=O) groups is 1. The summed E-state index contributed by atoms with van der Waals surface area (Å²) in [6, 6.07) is 12.3. The average molecular weight is 313 g/mol. The smallest absolute Gasteiger partial charge is 0.244 e. The van der Waals surface area contributed by atoms with Gasteiger partial charge >= 0.3 is 0 Å². The molecule has 0 bridgehead atoms. The normalized spacial score (nSPS) is 15.9. The maximum absolute atomic E-state index is 12.0. The molecule has 0 radical (unpaired) electrons. The van der Waals surface area contributed by atoms with Gasteiger partial charge in [0.2, 0.25) is 5.91 Å². The Balaban J connectivity index is 1.59. The molecule has 0 fully saturated rings. The first kappa shape index (κ1) is 15.0. The van der Waals surface area contributed by atoms with E-state index in [4.69, 9.17) is 4.74 Å². The second kappa shape index (κ2) is 6.46. The monoisotopic (exact) mass is 313 g/mol. The van der Waals surface area contributed by atoms with E-state index in [-0.39, 0.29) is 11.5 Å². The minimum absolute atomic E-state index is 0.0826. The summed E-state index contributed by atoms with van der Waals surface area (Å²) in [5.41, 5.74) is 2.30. The van der Waals surface area contributed by atoms with E-state index in [1.54, 1.807) is 24.5 Å². The topological polar surface area (TPSA) is 38.3 Å². The fourth-order valence-electron chi connectivity index (χ4n) is 2.85. The minimum Gasteiger partial charge on any atom is -0.376 e. The quantitative estimate of drug-likeness (QED) is 0.862. The Labute approximate surface area is 134 Å². The van der Waals surface area contributed by atoms with Gasteiger partial charge < -0.3 is 10.1 Å². The van der Waals surface area contributed by atoms with E-state index in [0.717, 1.165) is 17.7 Å². The van der Waals surface area contributed by atoms with Gasteiger partial charge in [0, 0.05) is 37.4 Å². The number of amides is 1. The maximum atomic E-state index is 12.0. The van der Waals surface area contributed by atoms with E-state index in [0.29, 0.717) is 6.54 Å². The Morgan fingerprint density at radius 1 is 1.27 bits per heavy atom. The van der Waals surface area contributed by atoms with Crippen LogP contribution in [0.5, 0.6) is 0 Å². The molecule has 1 aromatic carbocycles. The van der Waals surface area contributed by atoms with Crippen LogP contribution in [-0.4, -0.2) is 25.2 Å². The van der Waals surface area contributed by atoms with E-state index >= 15 is 0 Å². The Morgan fingerprint density at radius 2 is 2.00 bits per heavy atom. The maximum Gasteiger partial charge on any atom is 0.244 e. The van der Waals surface area contributed by atoms with Gasteiger partial charge in [-0.25, -0.2) is 0 Å². The molecular formula is C18H19NO2S. The molecule has 1 heterocycles. The highest BCUT2D eigenvalue weighted by Crippen LogP contribution is 2.32. The predicted octanol–water partition coefficient (Wildman–Crippen LogP) is 3.06. The van der Waals surface area contributed by atoms with Gasteiger partial charge in [-0.05, 0) is 28.6 Å². The van der Waals surface area contributed by atoms with Crippen LogP contribution in [0.1, 0.15) is 16.0 Å². The van der Waals surface area contributed by atoms with Crippen LogP contribution in [0.25, 0.3) is 6.08 Å². The Hall–Kier alpha value is -1.91. The van der Waals surface area contributed by atoms with Crippen molar-refractivity contribution in [1.82, 2.24) is 5.32 Å². The molecule has 114 valence electrons. The van der Waals surface area contributed by atoms with Crippen molar-refractivity contribution in [1.29, 1.82) is 0 Å². The van der Waals surface area contributed by atoms with Gasteiger partial charge in [0.15, 0.2) is 0 Å². The van der Waals surface area contributed by atoms with E-state index in [1.807, 2.05) is 35.7 Å². The van der Waals surface area contributed by atoms with E-state index in [9.17, 15) is 4.79 Å². The van der Waals surface area contributed by atoms with Gasteiger partial charge in [-0.1, -0.05) is 30.3 Å². The zero-order valence-corrected chi connectivity index (χ0v) is 13.4. The third-order valence-corrected chi connectivity index (χ3v) is 4.94. The van der Waals surface area contributed by atoms with Crippen molar-refractivity contribution >= 4 is 23.3 Å². The van der Waals surface area contributed by atoms with Gasteiger partial charge in [0.25, 0.3) is 0 Å². The second-order valence-corrected chi connectivity index (χ2v) is 6.56. The molecule has 1 aromatic heterocycles. The number of methoxy groups -OCH3 is 1. The number of benzene rings is 1. The number of hydrogen-bond acceptors (Lipinski definition) is 3. The molecule has 0 spiro atoms. The molecule has 0 atom stereocenters. The number of fused-ring (bicyclic) bond motifs is 1. The van der Waals surface area contributed by atoms with Crippen LogP contribution in [0, 0.1) is 0 Å². The van der Waals surface area contributed by atoms with Crippen LogP contribution in [-0.2, 0) is 22.4 Å². The molecule has 2 aromatic rings. The Kier molecular flexibility index (Phi) is 4.41. The summed E-state index contributed by atoms with van der Waals surface area (Å²) in [5.74, 6) is -0.0826. The molecule has 3 rings (SSSR count). The average Bonchev–Trinajstić information content (AvgIpc) is 3.18. The number of rotatable bonds is 5. The standard InChI is InChI=1S/C18H19NO2S/c1-21-18(11-14-5-2-3-6-15(14)12-18)13-19-17(20)9-8-16-7-4-10-22-16/h2-10H,11-13H2,1H3,(H,19,20). The summed E-state index contributed by atoms with van der Waals surface area (Å²) in [7, 11) is 1.72. The van der Waals surface area contributed by atoms with Gasteiger partial charge in [-0.2, -0.15) is 0 Å². The molecule has 3 nitrogen and oxygen atoms in total. The number of nitrogens with one attached hydrogen (secondary N) is 1. The van der Waals surface area contributed by atoms with Crippen molar-refractivity contribution in [3.63, 3.8) is 0 Å². The summed E-state index contributed by atoms with van der Waals surface area (Å²) in [6.45, 7) is 0.520. The number of ether oxygens (including phenoxy) is 1. The lowest BCUT2D eigenvalue weighted by Crippen LogP contribution is -2.44. The first-order valence-electron chi connectivity index (χ1n) is 7.32. The number of hydrogen-bond donors (Lipinski definition) is 1. The molecule has 1 N–H and O–H groups in total. The lowest BCUT2D eigenvalue weighted by Gasteiger charge is -2.27. The van der Waals surface area contributed by atoms with E-state index in [1.165, 1.54) is 11.1 Å². The van der Waals surface area contributed by atoms with E-state index in [2.05, 4.69) is 17.4 Å². The lowest BCUT2D eigenvalue weighted by atomic mass is 10.00. The summed E-state index contributed by atoms with van der Waals surface area (Å²) >= 11 is 1.61. The largest absolute Gasteiger partial charge is 0.376 e. The van der Waals surface area contributed by atoms with Crippen molar-refractivity contribution in [3.8, 4) is 0 Å². The molecule has 1 aliphatic carbocycles. The van der Waals surface area contributed by atoms with Crippen LogP contribution in [0.2, 0.25) is 0 Å². The van der Waals surface area contributed by atoms with Gasteiger partial charge in [-0.15, -0.1) is 11.3 Å². The molecule has 1 amide bonds. The van der Waals surface area contributed by atoms with Crippen molar-refractivity contribution in [3.05, 3.63) is 63.9 Å². The first-order chi connectivity index (χ1) is 10.7. The fourth-order valence-corrected chi connectivity index (χ4v) is 3.47. The SMILES string of the molecule is COC1(CNC(=O)C=Cc2cccs2)Cc2ccccc2C1. The third kappa shape index (κ3) is 3.29. The highest BCUT2D eigenvalue weighted by atomic mass is 32.1. The lowest BCUT2D eigenvalue weighted by molar-refractivity contribution is -0.118. The van der Waals surface area contributed by atoms with Crippen molar-refractivity contribution in [2.45, 2.75) is 18.4 Å².